The van der Waals surface area contributed by atoms with Gasteiger partial charge in [0, 0.05) is 24.3 Å². The molecule has 28 heavy (non-hydrogen) atoms. The number of sulfonamides is 1. The number of benzene rings is 2. The molecule has 0 aromatic heterocycles. The third-order valence-corrected chi connectivity index (χ3v) is 5.59. The summed E-state index contributed by atoms with van der Waals surface area (Å²) in [5.74, 6) is 0.709. The molecule has 9 heteroatoms. The molecule has 1 aliphatic rings. The maximum Gasteiger partial charge on any atom is 0.255 e. The van der Waals surface area contributed by atoms with Crippen molar-refractivity contribution in [3.63, 3.8) is 0 Å². The van der Waals surface area contributed by atoms with Crippen molar-refractivity contribution in [2.75, 3.05) is 25.0 Å². The molecule has 2 aromatic carbocycles. The van der Waals surface area contributed by atoms with E-state index in [1.807, 2.05) is 0 Å². The first kappa shape index (κ1) is 22.2. The van der Waals surface area contributed by atoms with Crippen LogP contribution < -0.4 is 20.5 Å². The Morgan fingerprint density at radius 1 is 1.14 bits per heavy atom. The van der Waals surface area contributed by atoms with Gasteiger partial charge in [0.05, 0.1) is 4.90 Å². The number of anilines is 1. The first-order valence-electron chi connectivity index (χ1n) is 8.82. The molecule has 152 valence electrons. The monoisotopic (exact) mass is 425 g/mol. The first-order chi connectivity index (χ1) is 13.0. The van der Waals surface area contributed by atoms with E-state index in [2.05, 4.69) is 10.0 Å². The highest BCUT2D eigenvalue weighted by molar-refractivity contribution is 7.89. The largest absolute Gasteiger partial charge is 0.492 e. The average molecular weight is 426 g/mol. The quantitative estimate of drug-likeness (QED) is 0.571. The summed E-state index contributed by atoms with van der Waals surface area (Å²) in [4.78, 5) is 12.5. The number of hydrogen-bond acceptors (Lipinski definition) is 5. The lowest BCUT2D eigenvalue weighted by atomic mass is 10.2. The van der Waals surface area contributed by atoms with Gasteiger partial charge in [-0.1, -0.05) is 6.07 Å². The van der Waals surface area contributed by atoms with E-state index in [9.17, 15) is 13.2 Å². The van der Waals surface area contributed by atoms with Gasteiger partial charge >= 0.3 is 0 Å². The van der Waals surface area contributed by atoms with Gasteiger partial charge in [-0.05, 0) is 61.2 Å². The van der Waals surface area contributed by atoms with Crippen LogP contribution in [0.1, 0.15) is 23.2 Å². The maximum absolute atomic E-state index is 12.5. The summed E-state index contributed by atoms with van der Waals surface area (Å²) < 4.78 is 32.7. The van der Waals surface area contributed by atoms with Crippen molar-refractivity contribution in [2.45, 2.75) is 17.7 Å². The molecule has 7 nitrogen and oxygen atoms in total. The smallest absolute Gasteiger partial charge is 0.255 e. The fraction of sp³-hybridized carbons (Fsp3) is 0.316. The Hall–Kier alpha value is -2.13. The number of carbonyl (C=O) groups is 1. The Morgan fingerprint density at radius 2 is 1.86 bits per heavy atom. The van der Waals surface area contributed by atoms with Gasteiger partial charge < -0.3 is 15.8 Å². The second-order valence-corrected chi connectivity index (χ2v) is 8.21. The molecule has 4 N–H and O–H groups in total. The van der Waals surface area contributed by atoms with Gasteiger partial charge in [0.2, 0.25) is 10.0 Å². The molecule has 0 unspecified atom stereocenters. The second-order valence-electron chi connectivity index (χ2n) is 6.44. The van der Waals surface area contributed by atoms with Gasteiger partial charge in [0.15, 0.2) is 0 Å². The highest BCUT2D eigenvalue weighted by Gasteiger charge is 2.24. The maximum atomic E-state index is 12.5. The molecule has 1 fully saturated rings. The fourth-order valence-corrected chi connectivity index (χ4v) is 3.61. The van der Waals surface area contributed by atoms with Crippen LogP contribution in [0.5, 0.6) is 5.75 Å². The lowest BCUT2D eigenvalue weighted by molar-refractivity contribution is 0.102. The van der Waals surface area contributed by atoms with Crippen LogP contribution in [-0.4, -0.2) is 34.0 Å². The van der Waals surface area contributed by atoms with E-state index in [0.717, 1.165) is 12.8 Å². The van der Waals surface area contributed by atoms with Gasteiger partial charge in [-0.15, -0.1) is 12.4 Å². The predicted octanol–water partition coefficient (Wildman–Crippen LogP) is 2.39. The van der Waals surface area contributed by atoms with Crippen LogP contribution in [0, 0.1) is 5.92 Å². The molecule has 0 spiro atoms. The van der Waals surface area contributed by atoms with Crippen LogP contribution in [0.4, 0.5) is 5.69 Å². The van der Waals surface area contributed by atoms with Crippen LogP contribution in [-0.2, 0) is 10.0 Å². The van der Waals surface area contributed by atoms with Crippen molar-refractivity contribution in [3.8, 4) is 5.75 Å². The molecule has 1 aliphatic carbocycles. The molecule has 1 saturated carbocycles. The van der Waals surface area contributed by atoms with Crippen LogP contribution in [0.3, 0.4) is 0 Å². The van der Waals surface area contributed by atoms with E-state index in [1.54, 1.807) is 36.4 Å². The molecule has 0 saturated heterocycles. The van der Waals surface area contributed by atoms with E-state index < -0.39 is 10.0 Å². The predicted molar refractivity (Wildman–Crippen MR) is 111 cm³/mol. The molecule has 0 heterocycles. The minimum absolute atomic E-state index is 0. The van der Waals surface area contributed by atoms with E-state index in [0.29, 0.717) is 37.1 Å². The molecule has 1 amide bonds. The van der Waals surface area contributed by atoms with E-state index in [1.165, 1.54) is 12.1 Å². The number of carbonyl (C=O) groups excluding carboxylic acids is 1. The standard InChI is InChI=1S/C19H23N3O4S.ClH/c20-10-11-26-17-8-6-16(7-9-17)22-19(23)15-2-1-3-18(12-15)27(24,25)21-13-14-4-5-14;/h1-3,6-9,12,14,21H,4-5,10-11,13,20H2,(H,22,23);1H. The third kappa shape index (κ3) is 6.20. The molecule has 0 atom stereocenters. The molecule has 3 rings (SSSR count). The van der Waals surface area contributed by atoms with Crippen LogP contribution in [0.25, 0.3) is 0 Å². The van der Waals surface area contributed by atoms with Crippen LogP contribution in [0.2, 0.25) is 0 Å². The molecule has 0 bridgehead atoms. The van der Waals surface area contributed by atoms with Crippen LogP contribution in [0.15, 0.2) is 53.4 Å². The number of ether oxygens (including phenoxy) is 1. The van der Waals surface area contributed by atoms with Crippen molar-refractivity contribution in [2.24, 2.45) is 11.7 Å². The summed E-state index contributed by atoms with van der Waals surface area (Å²) in [5.41, 5.74) is 6.24. The topological polar surface area (TPSA) is 111 Å². The van der Waals surface area contributed by atoms with Crippen molar-refractivity contribution in [1.29, 1.82) is 0 Å². The average Bonchev–Trinajstić information content (AvgIpc) is 3.50. The number of rotatable bonds is 9. The molecular formula is C19H24ClN3O4S. The zero-order chi connectivity index (χ0) is 19.3. The zero-order valence-electron chi connectivity index (χ0n) is 15.3. The Balaban J connectivity index is 0.00000280. The number of halogens is 1. The Morgan fingerprint density at radius 3 is 2.50 bits per heavy atom. The van der Waals surface area contributed by atoms with E-state index in [4.69, 9.17) is 10.5 Å². The molecule has 2 aromatic rings. The first-order valence-corrected chi connectivity index (χ1v) is 10.3. The number of amides is 1. The Labute approximate surface area is 171 Å². The zero-order valence-corrected chi connectivity index (χ0v) is 16.9. The van der Waals surface area contributed by atoms with Crippen molar-refractivity contribution < 1.29 is 17.9 Å². The number of nitrogens with one attached hydrogen (secondary N) is 2. The fourth-order valence-electron chi connectivity index (χ4n) is 2.45. The summed E-state index contributed by atoms with van der Waals surface area (Å²) in [5, 5.41) is 2.75. The van der Waals surface area contributed by atoms with Gasteiger partial charge in [0.25, 0.3) is 5.91 Å². The Kier molecular flexibility index (Phi) is 7.82. The number of nitrogens with two attached hydrogens (primary N) is 1. The second kappa shape index (κ2) is 9.88. The lowest BCUT2D eigenvalue weighted by Gasteiger charge is -2.10. The van der Waals surface area contributed by atoms with Gasteiger partial charge in [-0.2, -0.15) is 0 Å². The highest BCUT2D eigenvalue weighted by atomic mass is 35.5. The molecule has 0 radical (unpaired) electrons. The summed E-state index contributed by atoms with van der Waals surface area (Å²) >= 11 is 0. The third-order valence-electron chi connectivity index (χ3n) is 4.16. The minimum Gasteiger partial charge on any atom is -0.492 e. The minimum atomic E-state index is -3.62. The van der Waals surface area contributed by atoms with E-state index >= 15 is 0 Å². The van der Waals surface area contributed by atoms with Gasteiger partial charge in [0.1, 0.15) is 12.4 Å². The lowest BCUT2D eigenvalue weighted by Crippen LogP contribution is -2.26. The summed E-state index contributed by atoms with van der Waals surface area (Å²) in [6.07, 6.45) is 2.11. The molecular weight excluding hydrogens is 402 g/mol. The van der Waals surface area contributed by atoms with Crippen LogP contribution >= 0.6 is 12.4 Å². The molecule has 0 aliphatic heterocycles. The summed E-state index contributed by atoms with van der Waals surface area (Å²) in [6, 6.07) is 12.9. The highest BCUT2D eigenvalue weighted by Crippen LogP contribution is 2.28. The van der Waals surface area contributed by atoms with Crippen molar-refractivity contribution >= 4 is 34.0 Å². The Bertz CT molecular complexity index is 900. The summed E-state index contributed by atoms with van der Waals surface area (Å²) in [7, 11) is -3.62. The number of hydrogen-bond donors (Lipinski definition) is 3. The SMILES string of the molecule is Cl.NCCOc1ccc(NC(=O)c2cccc(S(=O)(=O)NCC3CC3)c2)cc1. The summed E-state index contributed by atoms with van der Waals surface area (Å²) in [6.45, 7) is 1.28. The van der Waals surface area contributed by atoms with Crippen molar-refractivity contribution in [1.82, 2.24) is 4.72 Å². The normalized spacial score (nSPS) is 13.5. The van der Waals surface area contributed by atoms with Gasteiger partial charge in [-0.3, -0.25) is 4.79 Å². The van der Waals surface area contributed by atoms with Gasteiger partial charge in [-0.25, -0.2) is 13.1 Å². The van der Waals surface area contributed by atoms with Crippen molar-refractivity contribution in [3.05, 3.63) is 54.1 Å². The van der Waals surface area contributed by atoms with E-state index in [-0.39, 0.29) is 28.8 Å².